The van der Waals surface area contributed by atoms with Gasteiger partial charge in [0, 0.05) is 11.4 Å². The summed E-state index contributed by atoms with van der Waals surface area (Å²) in [5.74, 6) is -1.50. The maximum absolute atomic E-state index is 12.8. The molecule has 1 heterocycles. The third kappa shape index (κ3) is 4.50. The van der Waals surface area contributed by atoms with Crippen LogP contribution in [0.2, 0.25) is 5.02 Å². The van der Waals surface area contributed by atoms with Crippen LogP contribution in [0, 0.1) is 0 Å². The molecule has 0 radical (unpaired) electrons. The van der Waals surface area contributed by atoms with Crippen LogP contribution in [-0.4, -0.2) is 37.4 Å². The summed E-state index contributed by atoms with van der Waals surface area (Å²) in [5, 5.41) is 19.6. The van der Waals surface area contributed by atoms with Crippen LogP contribution in [0.4, 0.5) is 0 Å². The van der Waals surface area contributed by atoms with E-state index in [4.69, 9.17) is 23.8 Å². The van der Waals surface area contributed by atoms with Crippen molar-refractivity contribution in [1.29, 1.82) is 0 Å². The topological polar surface area (TPSA) is 77.8 Å². The SMILES string of the molecule is O=C(O)C(Cc1ccc(O)cc1)N1C(=O)/C(=C/c2ccc(Cl)cc2)SC1=S. The molecule has 1 atom stereocenters. The van der Waals surface area contributed by atoms with E-state index >= 15 is 0 Å². The van der Waals surface area contributed by atoms with Crippen LogP contribution >= 0.6 is 35.6 Å². The van der Waals surface area contributed by atoms with Crippen LogP contribution in [-0.2, 0) is 16.0 Å². The number of carbonyl (C=O) groups excluding carboxylic acids is 1. The quantitative estimate of drug-likeness (QED) is 0.564. The Kier molecular flexibility index (Phi) is 5.84. The van der Waals surface area contributed by atoms with Crippen molar-refractivity contribution in [3.8, 4) is 5.75 Å². The molecule has 1 fully saturated rings. The lowest BCUT2D eigenvalue weighted by molar-refractivity contribution is -0.145. The molecule has 8 heteroatoms. The van der Waals surface area contributed by atoms with E-state index in [9.17, 15) is 19.8 Å². The van der Waals surface area contributed by atoms with E-state index in [2.05, 4.69) is 0 Å². The number of thioether (sulfide) groups is 1. The average Bonchev–Trinajstić information content (AvgIpc) is 2.90. The van der Waals surface area contributed by atoms with Crippen molar-refractivity contribution >= 4 is 57.9 Å². The van der Waals surface area contributed by atoms with E-state index in [1.807, 2.05) is 0 Å². The molecule has 0 aromatic heterocycles. The highest BCUT2D eigenvalue weighted by Crippen LogP contribution is 2.35. The minimum absolute atomic E-state index is 0.0796. The van der Waals surface area contributed by atoms with E-state index in [1.165, 1.54) is 12.1 Å². The van der Waals surface area contributed by atoms with Crippen LogP contribution in [0.5, 0.6) is 5.75 Å². The molecule has 1 saturated heterocycles. The van der Waals surface area contributed by atoms with Gasteiger partial charge in [-0.2, -0.15) is 0 Å². The van der Waals surface area contributed by atoms with E-state index in [0.717, 1.165) is 22.2 Å². The lowest BCUT2D eigenvalue weighted by atomic mass is 10.0. The maximum atomic E-state index is 12.8. The van der Waals surface area contributed by atoms with Gasteiger partial charge in [0.25, 0.3) is 5.91 Å². The number of benzene rings is 2. The number of hydrogen-bond donors (Lipinski definition) is 2. The monoisotopic (exact) mass is 419 g/mol. The average molecular weight is 420 g/mol. The number of thiocarbonyl (C=S) groups is 1. The first-order valence-electron chi connectivity index (χ1n) is 7.88. The second-order valence-electron chi connectivity index (χ2n) is 5.83. The molecule has 138 valence electrons. The number of aromatic hydroxyl groups is 1. The summed E-state index contributed by atoms with van der Waals surface area (Å²) in [7, 11) is 0. The summed E-state index contributed by atoms with van der Waals surface area (Å²) in [6.07, 6.45) is 1.74. The number of hydrogen-bond acceptors (Lipinski definition) is 5. The standard InChI is InChI=1S/C19H14ClNO4S2/c20-13-5-1-12(2-6-13)10-16-17(23)21(19(26)27-16)15(18(24)25)9-11-3-7-14(22)8-4-11/h1-8,10,15,22H,9H2,(H,24,25)/b16-10-. The Labute approximate surface area is 170 Å². The Morgan fingerprint density at radius 3 is 2.41 bits per heavy atom. The summed E-state index contributed by atoms with van der Waals surface area (Å²) < 4.78 is 0.200. The summed E-state index contributed by atoms with van der Waals surface area (Å²) in [6, 6.07) is 12.0. The van der Waals surface area contributed by atoms with E-state index in [-0.39, 0.29) is 16.5 Å². The van der Waals surface area contributed by atoms with Crippen molar-refractivity contribution < 1.29 is 19.8 Å². The summed E-state index contributed by atoms with van der Waals surface area (Å²) in [5.41, 5.74) is 1.45. The molecule has 2 N–H and O–H groups in total. The minimum Gasteiger partial charge on any atom is -0.508 e. The van der Waals surface area contributed by atoms with Crippen molar-refractivity contribution in [2.45, 2.75) is 12.5 Å². The number of carboxylic acids is 1. The predicted octanol–water partition coefficient (Wildman–Crippen LogP) is 3.94. The Bertz CT molecular complexity index is 926. The molecule has 1 aliphatic rings. The van der Waals surface area contributed by atoms with Gasteiger partial charge in [0.1, 0.15) is 16.1 Å². The zero-order valence-electron chi connectivity index (χ0n) is 13.8. The third-order valence-electron chi connectivity index (χ3n) is 3.95. The van der Waals surface area contributed by atoms with Gasteiger partial charge in [0.15, 0.2) is 0 Å². The van der Waals surface area contributed by atoms with Crippen LogP contribution < -0.4 is 0 Å². The first-order chi connectivity index (χ1) is 12.8. The molecule has 0 aliphatic carbocycles. The number of aliphatic carboxylic acids is 1. The number of halogens is 1. The molecule has 3 rings (SSSR count). The third-order valence-corrected chi connectivity index (χ3v) is 5.54. The van der Waals surface area contributed by atoms with Gasteiger partial charge in [-0.15, -0.1) is 0 Å². The molecule has 1 amide bonds. The van der Waals surface area contributed by atoms with Crippen molar-refractivity contribution in [2.75, 3.05) is 0 Å². The largest absolute Gasteiger partial charge is 0.508 e. The molecule has 0 bridgehead atoms. The lowest BCUT2D eigenvalue weighted by Crippen LogP contribution is -2.45. The molecule has 27 heavy (non-hydrogen) atoms. The van der Waals surface area contributed by atoms with Crippen LogP contribution in [0.1, 0.15) is 11.1 Å². The van der Waals surface area contributed by atoms with Crippen molar-refractivity contribution in [3.63, 3.8) is 0 Å². The first-order valence-corrected chi connectivity index (χ1v) is 9.49. The Morgan fingerprint density at radius 2 is 1.81 bits per heavy atom. The van der Waals surface area contributed by atoms with Crippen molar-refractivity contribution in [2.24, 2.45) is 0 Å². The molecule has 2 aromatic carbocycles. The molecular formula is C19H14ClNO4S2. The second-order valence-corrected chi connectivity index (χ2v) is 7.94. The van der Waals surface area contributed by atoms with Gasteiger partial charge in [-0.05, 0) is 41.5 Å². The highest BCUT2D eigenvalue weighted by Gasteiger charge is 2.40. The summed E-state index contributed by atoms with van der Waals surface area (Å²) in [6.45, 7) is 0. The van der Waals surface area contributed by atoms with Gasteiger partial charge in [-0.3, -0.25) is 9.69 Å². The highest BCUT2D eigenvalue weighted by molar-refractivity contribution is 8.26. The molecule has 5 nitrogen and oxygen atoms in total. The van der Waals surface area contributed by atoms with Gasteiger partial charge < -0.3 is 10.2 Å². The van der Waals surface area contributed by atoms with Crippen LogP contribution in [0.25, 0.3) is 6.08 Å². The molecule has 1 unspecified atom stereocenters. The van der Waals surface area contributed by atoms with Crippen LogP contribution in [0.15, 0.2) is 53.4 Å². The lowest BCUT2D eigenvalue weighted by Gasteiger charge is -2.23. The zero-order valence-corrected chi connectivity index (χ0v) is 16.2. The molecule has 1 aliphatic heterocycles. The number of rotatable bonds is 5. The van der Waals surface area contributed by atoms with E-state index in [1.54, 1.807) is 42.5 Å². The maximum Gasteiger partial charge on any atom is 0.327 e. The van der Waals surface area contributed by atoms with Gasteiger partial charge in [0.05, 0.1) is 4.91 Å². The number of phenolic OH excluding ortho intramolecular Hbond substituents is 1. The molecular weight excluding hydrogens is 406 g/mol. The highest BCUT2D eigenvalue weighted by atomic mass is 35.5. The van der Waals surface area contributed by atoms with Gasteiger partial charge in [0.2, 0.25) is 0 Å². The Hall–Kier alpha value is -2.35. The van der Waals surface area contributed by atoms with E-state index < -0.39 is 17.9 Å². The smallest absolute Gasteiger partial charge is 0.327 e. The zero-order chi connectivity index (χ0) is 19.6. The second kappa shape index (κ2) is 8.12. The Morgan fingerprint density at radius 1 is 1.19 bits per heavy atom. The molecule has 2 aromatic rings. The van der Waals surface area contributed by atoms with Crippen LogP contribution in [0.3, 0.4) is 0 Å². The first kappa shape index (κ1) is 19.4. The van der Waals surface area contributed by atoms with Gasteiger partial charge in [-0.25, -0.2) is 4.79 Å². The van der Waals surface area contributed by atoms with Gasteiger partial charge >= 0.3 is 5.97 Å². The number of carbonyl (C=O) groups is 2. The summed E-state index contributed by atoms with van der Waals surface area (Å²) >= 11 is 12.2. The fourth-order valence-electron chi connectivity index (χ4n) is 2.60. The minimum atomic E-state index is -1.15. The normalized spacial score (nSPS) is 16.8. The fourth-order valence-corrected chi connectivity index (χ4v) is 4.09. The number of phenols is 1. The number of carboxylic acid groups (broad SMARTS) is 1. The fraction of sp³-hybridized carbons (Fsp3) is 0.105. The van der Waals surface area contributed by atoms with E-state index in [0.29, 0.717) is 15.5 Å². The predicted molar refractivity (Wildman–Crippen MR) is 110 cm³/mol. The Balaban J connectivity index is 1.86. The number of amides is 1. The van der Waals surface area contributed by atoms with Crippen molar-refractivity contribution in [1.82, 2.24) is 4.90 Å². The van der Waals surface area contributed by atoms with Crippen molar-refractivity contribution in [3.05, 3.63) is 69.6 Å². The number of nitrogens with zero attached hydrogens (tertiary/aromatic N) is 1. The molecule has 0 saturated carbocycles. The summed E-state index contributed by atoms with van der Waals surface area (Å²) in [4.78, 5) is 26.1. The molecule has 0 spiro atoms. The van der Waals surface area contributed by atoms with Gasteiger partial charge in [-0.1, -0.05) is 59.8 Å².